The number of rotatable bonds is 5. The quantitative estimate of drug-likeness (QED) is 0.719. The van der Waals surface area contributed by atoms with Crippen molar-refractivity contribution in [3.05, 3.63) is 82.6 Å². The molecule has 0 radical (unpaired) electrons. The third kappa shape index (κ3) is 3.25. The number of aryl methyl sites for hydroxylation is 1. The number of furan rings is 1. The fourth-order valence-corrected chi connectivity index (χ4v) is 4.00. The van der Waals surface area contributed by atoms with Crippen LogP contribution < -0.4 is 4.90 Å². The van der Waals surface area contributed by atoms with Crippen molar-refractivity contribution in [3.63, 3.8) is 0 Å². The third-order valence-corrected chi connectivity index (χ3v) is 5.49. The highest BCUT2D eigenvalue weighted by atomic mass is 16.3. The van der Waals surface area contributed by atoms with E-state index in [1.165, 1.54) is 16.0 Å². The van der Waals surface area contributed by atoms with E-state index in [0.717, 1.165) is 42.2 Å². The molecule has 0 aliphatic carbocycles. The number of ketones is 1. The van der Waals surface area contributed by atoms with Crippen LogP contribution in [0.15, 0.2) is 53.1 Å². The van der Waals surface area contributed by atoms with Gasteiger partial charge in [0.05, 0.1) is 19.4 Å². The van der Waals surface area contributed by atoms with E-state index in [9.17, 15) is 4.79 Å². The Kier molecular flexibility index (Phi) is 4.51. The molecule has 0 spiro atoms. The van der Waals surface area contributed by atoms with E-state index in [2.05, 4.69) is 35.8 Å². The number of aromatic nitrogens is 1. The average Bonchev–Trinajstić information content (AvgIpc) is 3.25. The first-order valence-corrected chi connectivity index (χ1v) is 9.24. The largest absolute Gasteiger partial charge is 0.467 e. The van der Waals surface area contributed by atoms with Crippen LogP contribution in [0, 0.1) is 13.8 Å². The zero-order chi connectivity index (χ0) is 18.1. The first-order valence-electron chi connectivity index (χ1n) is 9.24. The number of benzene rings is 1. The number of Topliss-reactive ketones (excluding diaryl/α,β-unsaturated/α-hetero) is 1. The molecule has 4 heteroatoms. The van der Waals surface area contributed by atoms with Crippen molar-refractivity contribution in [2.24, 2.45) is 0 Å². The van der Waals surface area contributed by atoms with Crippen LogP contribution in [-0.4, -0.2) is 23.4 Å². The summed E-state index contributed by atoms with van der Waals surface area (Å²) in [6, 6.07) is 14.5. The summed E-state index contributed by atoms with van der Waals surface area (Å²) < 4.78 is 7.62. The molecule has 0 saturated carbocycles. The van der Waals surface area contributed by atoms with E-state index in [0.29, 0.717) is 13.1 Å². The molecule has 2 aromatic heterocycles. The van der Waals surface area contributed by atoms with Gasteiger partial charge in [-0.05, 0) is 37.6 Å². The lowest BCUT2D eigenvalue weighted by Gasteiger charge is -2.25. The Morgan fingerprint density at radius 2 is 1.96 bits per heavy atom. The van der Waals surface area contributed by atoms with Crippen molar-refractivity contribution in [2.45, 2.75) is 33.4 Å². The van der Waals surface area contributed by atoms with Crippen molar-refractivity contribution < 1.29 is 14.1 Å². The molecule has 1 N–H and O–H groups in total. The third-order valence-electron chi connectivity index (χ3n) is 5.49. The Bertz CT molecular complexity index is 922. The fourth-order valence-electron chi connectivity index (χ4n) is 4.00. The number of nitrogens with zero attached hydrogens (tertiary/aromatic N) is 1. The van der Waals surface area contributed by atoms with Crippen LogP contribution in [0.3, 0.4) is 0 Å². The van der Waals surface area contributed by atoms with E-state index in [1.54, 1.807) is 6.26 Å². The molecule has 134 valence electrons. The molecular weight excluding hydrogens is 324 g/mol. The van der Waals surface area contributed by atoms with Crippen LogP contribution in [0.4, 0.5) is 0 Å². The molecule has 4 rings (SSSR count). The molecule has 1 aromatic carbocycles. The van der Waals surface area contributed by atoms with Crippen molar-refractivity contribution in [1.82, 2.24) is 4.57 Å². The predicted molar refractivity (Wildman–Crippen MR) is 101 cm³/mol. The Labute approximate surface area is 154 Å². The first-order chi connectivity index (χ1) is 12.6. The van der Waals surface area contributed by atoms with E-state index < -0.39 is 0 Å². The lowest BCUT2D eigenvalue weighted by atomic mass is 9.99. The smallest absolute Gasteiger partial charge is 0.218 e. The van der Waals surface area contributed by atoms with Gasteiger partial charge in [0.1, 0.15) is 18.8 Å². The van der Waals surface area contributed by atoms with E-state index in [1.807, 2.05) is 25.1 Å². The zero-order valence-electron chi connectivity index (χ0n) is 15.4. The number of fused-ring (bicyclic) bond motifs is 1. The Morgan fingerprint density at radius 3 is 2.73 bits per heavy atom. The topological polar surface area (TPSA) is 39.6 Å². The minimum absolute atomic E-state index is 0.234. The standard InChI is InChI=1S/C22H24N2O2/c1-16-12-21(17(2)24(16)14-20-8-5-11-26-20)22(25)15-23-10-9-18-6-3-4-7-19(18)13-23/h3-8,11-12H,9-10,13-15H2,1-2H3/p+1. The molecule has 0 amide bonds. The molecule has 4 nitrogen and oxygen atoms in total. The second kappa shape index (κ2) is 6.96. The van der Waals surface area contributed by atoms with Crippen LogP contribution >= 0.6 is 0 Å². The van der Waals surface area contributed by atoms with Crippen molar-refractivity contribution in [1.29, 1.82) is 0 Å². The van der Waals surface area contributed by atoms with Gasteiger partial charge in [-0.2, -0.15) is 0 Å². The van der Waals surface area contributed by atoms with Gasteiger partial charge in [-0.3, -0.25) is 4.79 Å². The van der Waals surface area contributed by atoms with Gasteiger partial charge in [0, 0.05) is 28.9 Å². The minimum atomic E-state index is 0.234. The molecular formula is C22H25N2O2+. The maximum absolute atomic E-state index is 13.0. The molecule has 0 saturated heterocycles. The van der Waals surface area contributed by atoms with Gasteiger partial charge in [0.2, 0.25) is 5.78 Å². The van der Waals surface area contributed by atoms with Gasteiger partial charge in [0.25, 0.3) is 0 Å². The average molecular weight is 349 g/mol. The maximum Gasteiger partial charge on any atom is 0.218 e. The molecule has 3 aromatic rings. The summed E-state index contributed by atoms with van der Waals surface area (Å²) in [5, 5.41) is 0. The van der Waals surface area contributed by atoms with Crippen molar-refractivity contribution in [3.8, 4) is 0 Å². The van der Waals surface area contributed by atoms with Gasteiger partial charge in [-0.15, -0.1) is 0 Å². The lowest BCUT2D eigenvalue weighted by molar-refractivity contribution is -0.907. The van der Waals surface area contributed by atoms with E-state index in [-0.39, 0.29) is 5.78 Å². The minimum Gasteiger partial charge on any atom is -0.467 e. The number of quaternary nitrogens is 1. The Hall–Kier alpha value is -2.59. The van der Waals surface area contributed by atoms with Crippen LogP contribution in [0.5, 0.6) is 0 Å². The summed E-state index contributed by atoms with van der Waals surface area (Å²) in [4.78, 5) is 14.3. The first kappa shape index (κ1) is 16.9. The molecule has 26 heavy (non-hydrogen) atoms. The van der Waals surface area contributed by atoms with Crippen molar-refractivity contribution in [2.75, 3.05) is 13.1 Å². The van der Waals surface area contributed by atoms with Gasteiger partial charge >= 0.3 is 0 Å². The highest BCUT2D eigenvalue weighted by Crippen LogP contribution is 2.18. The van der Waals surface area contributed by atoms with Gasteiger partial charge in [-0.1, -0.05) is 24.3 Å². The summed E-state index contributed by atoms with van der Waals surface area (Å²) in [5.74, 6) is 1.14. The summed E-state index contributed by atoms with van der Waals surface area (Å²) in [6.45, 7) is 7.27. The number of carbonyl (C=O) groups is 1. The molecule has 0 fully saturated rings. The fraction of sp³-hybridized carbons (Fsp3) is 0.318. The zero-order valence-corrected chi connectivity index (χ0v) is 15.4. The second-order valence-corrected chi connectivity index (χ2v) is 7.25. The highest BCUT2D eigenvalue weighted by molar-refractivity contribution is 5.98. The van der Waals surface area contributed by atoms with Crippen LogP contribution in [0.2, 0.25) is 0 Å². The molecule has 1 unspecified atom stereocenters. The van der Waals surface area contributed by atoms with E-state index >= 15 is 0 Å². The monoisotopic (exact) mass is 349 g/mol. The Morgan fingerprint density at radius 1 is 1.15 bits per heavy atom. The molecule has 1 aliphatic heterocycles. The van der Waals surface area contributed by atoms with Crippen LogP contribution in [0.25, 0.3) is 0 Å². The van der Waals surface area contributed by atoms with Crippen LogP contribution in [0.1, 0.15) is 38.6 Å². The summed E-state index contributed by atoms with van der Waals surface area (Å²) >= 11 is 0. The summed E-state index contributed by atoms with van der Waals surface area (Å²) in [7, 11) is 0. The molecule has 1 aliphatic rings. The predicted octanol–water partition coefficient (Wildman–Crippen LogP) is 2.57. The number of carbonyl (C=O) groups excluding carboxylic acids is 1. The number of nitrogens with one attached hydrogen (secondary N) is 1. The second-order valence-electron chi connectivity index (χ2n) is 7.25. The number of hydrogen-bond acceptors (Lipinski definition) is 2. The normalized spacial score (nSPS) is 16.5. The SMILES string of the molecule is Cc1cc(C(=O)C[NH+]2CCc3ccccc3C2)c(C)n1Cc1ccco1. The maximum atomic E-state index is 13.0. The Balaban J connectivity index is 1.49. The van der Waals surface area contributed by atoms with Gasteiger partial charge in [-0.25, -0.2) is 0 Å². The van der Waals surface area contributed by atoms with Gasteiger partial charge < -0.3 is 13.9 Å². The lowest BCUT2D eigenvalue weighted by Crippen LogP contribution is -3.12. The summed E-state index contributed by atoms with van der Waals surface area (Å²) in [6.07, 6.45) is 2.74. The molecule has 0 bridgehead atoms. The van der Waals surface area contributed by atoms with Gasteiger partial charge in [0.15, 0.2) is 0 Å². The molecule has 1 atom stereocenters. The highest BCUT2D eigenvalue weighted by Gasteiger charge is 2.24. The van der Waals surface area contributed by atoms with Crippen LogP contribution in [-0.2, 0) is 19.5 Å². The summed E-state index contributed by atoms with van der Waals surface area (Å²) in [5.41, 5.74) is 5.78. The van der Waals surface area contributed by atoms with Crippen molar-refractivity contribution >= 4 is 5.78 Å². The number of hydrogen-bond donors (Lipinski definition) is 1. The molecule has 3 heterocycles. The van der Waals surface area contributed by atoms with E-state index in [4.69, 9.17) is 4.42 Å².